The Balaban J connectivity index is 1.42. The summed E-state index contributed by atoms with van der Waals surface area (Å²) in [6.45, 7) is 0.529. The molecule has 2 N–H and O–H groups in total. The third kappa shape index (κ3) is 2.82. The highest BCUT2D eigenvalue weighted by atomic mass is 19.2. The van der Waals surface area contributed by atoms with Crippen molar-refractivity contribution in [2.75, 3.05) is 24.7 Å². The highest BCUT2D eigenvalue weighted by molar-refractivity contribution is 6.11. The second-order valence-electron chi connectivity index (χ2n) is 10.8. The number of halogens is 2. The molecule has 3 fully saturated rings. The van der Waals surface area contributed by atoms with Crippen LogP contribution in [0.25, 0.3) is 0 Å². The maximum absolute atomic E-state index is 15.6. The first-order chi connectivity index (χ1) is 18.8. The fourth-order valence-electron chi connectivity index (χ4n) is 6.95. The fourth-order valence-corrected chi connectivity index (χ4v) is 6.95. The molecule has 39 heavy (non-hydrogen) atoms. The predicted molar refractivity (Wildman–Crippen MR) is 132 cm³/mol. The number of hydrogen-bond donors (Lipinski definition) is 2. The molecule has 1 unspecified atom stereocenters. The number of para-hydroxylation sites is 1. The van der Waals surface area contributed by atoms with Gasteiger partial charge in [0.25, 0.3) is 5.91 Å². The number of anilines is 1. The molecule has 8 rings (SSSR count). The second kappa shape index (κ2) is 7.65. The lowest BCUT2D eigenvalue weighted by Crippen LogP contribution is -2.67. The van der Waals surface area contributed by atoms with Crippen LogP contribution in [-0.2, 0) is 26.3 Å². The van der Waals surface area contributed by atoms with Gasteiger partial charge in [-0.1, -0.05) is 24.3 Å². The van der Waals surface area contributed by atoms with Gasteiger partial charge in [-0.2, -0.15) is 5.01 Å². The number of aliphatic hydroxyl groups excluding tert-OH is 2. The van der Waals surface area contributed by atoms with Crippen molar-refractivity contribution in [2.45, 2.75) is 43.1 Å². The van der Waals surface area contributed by atoms with Gasteiger partial charge in [-0.25, -0.2) is 8.78 Å². The van der Waals surface area contributed by atoms with Gasteiger partial charge in [-0.15, -0.1) is 0 Å². The lowest BCUT2D eigenvalue weighted by Gasteiger charge is -2.55. The van der Waals surface area contributed by atoms with Gasteiger partial charge in [0.1, 0.15) is 12.3 Å². The van der Waals surface area contributed by atoms with Gasteiger partial charge in [0.05, 0.1) is 36.9 Å². The maximum Gasteiger partial charge on any atom is 0.277 e. The maximum atomic E-state index is 15.6. The number of hydrazine groups is 1. The molecule has 5 aliphatic heterocycles. The highest BCUT2D eigenvalue weighted by Crippen LogP contribution is 2.61. The zero-order valence-electron chi connectivity index (χ0n) is 20.7. The second-order valence-corrected chi connectivity index (χ2v) is 10.8. The summed E-state index contributed by atoms with van der Waals surface area (Å²) in [5.74, 6) is -3.11. The van der Waals surface area contributed by atoms with Gasteiger partial charge in [0.2, 0.25) is 5.91 Å². The minimum Gasteiger partial charge on any atom is -0.507 e. The number of fused-ring (bicyclic) bond motifs is 4. The van der Waals surface area contributed by atoms with Crippen LogP contribution < -0.4 is 4.90 Å². The van der Waals surface area contributed by atoms with Crippen LogP contribution in [0.4, 0.5) is 14.5 Å². The summed E-state index contributed by atoms with van der Waals surface area (Å²) in [4.78, 5) is 30.4. The van der Waals surface area contributed by atoms with Crippen molar-refractivity contribution in [1.82, 2.24) is 14.9 Å². The molecule has 1 spiro atoms. The van der Waals surface area contributed by atoms with Crippen LogP contribution in [0.3, 0.4) is 0 Å². The Morgan fingerprint density at radius 3 is 2.69 bits per heavy atom. The smallest absolute Gasteiger partial charge is 0.277 e. The zero-order valence-corrected chi connectivity index (χ0v) is 20.7. The van der Waals surface area contributed by atoms with Crippen molar-refractivity contribution in [1.29, 1.82) is 0 Å². The SMILES string of the molecule is O=C1C2=C(O)C(O)C=CN2N([C@H]2c3ccc(F)c(F)c3CN3C(=O)C4(CC4)c4cccc2c43)[C@@H]2COCCN12. The first-order valence-corrected chi connectivity index (χ1v) is 13.0. The molecule has 2 aromatic rings. The third-order valence-corrected chi connectivity index (χ3v) is 8.94. The fraction of sp³-hybridized carbons (Fsp3) is 0.357. The summed E-state index contributed by atoms with van der Waals surface area (Å²) in [6.07, 6.45) is 2.21. The van der Waals surface area contributed by atoms with Gasteiger partial charge < -0.3 is 24.7 Å². The van der Waals surface area contributed by atoms with Crippen LogP contribution >= 0.6 is 0 Å². The molecule has 9 nitrogen and oxygen atoms in total. The van der Waals surface area contributed by atoms with E-state index in [4.69, 9.17) is 4.74 Å². The molecule has 1 saturated carbocycles. The molecule has 6 aliphatic rings. The van der Waals surface area contributed by atoms with Crippen molar-refractivity contribution < 1.29 is 33.3 Å². The molecule has 2 amide bonds. The van der Waals surface area contributed by atoms with E-state index in [0.717, 1.165) is 11.6 Å². The van der Waals surface area contributed by atoms with Gasteiger partial charge >= 0.3 is 0 Å². The van der Waals surface area contributed by atoms with Crippen molar-refractivity contribution in [3.05, 3.63) is 88.0 Å². The molecule has 0 radical (unpaired) electrons. The summed E-state index contributed by atoms with van der Waals surface area (Å²) in [5.41, 5.74) is 1.99. The molecule has 1 aliphatic carbocycles. The van der Waals surface area contributed by atoms with E-state index < -0.39 is 47.0 Å². The molecule has 200 valence electrons. The average Bonchev–Trinajstić information content (AvgIpc) is 3.73. The largest absolute Gasteiger partial charge is 0.507 e. The van der Waals surface area contributed by atoms with Crippen LogP contribution in [-0.4, -0.2) is 69.0 Å². The first kappa shape index (κ1) is 23.1. The highest BCUT2D eigenvalue weighted by Gasteiger charge is 2.61. The molecule has 2 aromatic carbocycles. The number of morpholine rings is 1. The Bertz CT molecular complexity index is 1550. The number of amides is 2. The normalized spacial score (nSPS) is 28.4. The van der Waals surface area contributed by atoms with Gasteiger partial charge in [0.15, 0.2) is 23.1 Å². The summed E-state index contributed by atoms with van der Waals surface area (Å²) >= 11 is 0. The predicted octanol–water partition coefficient (Wildman–Crippen LogP) is 2.32. The van der Waals surface area contributed by atoms with E-state index in [-0.39, 0.29) is 43.5 Å². The molecule has 11 heteroatoms. The van der Waals surface area contributed by atoms with Crippen LogP contribution in [0.1, 0.15) is 41.1 Å². The molecular weight excluding hydrogens is 510 g/mol. The summed E-state index contributed by atoms with van der Waals surface area (Å²) in [6, 6.07) is 7.48. The van der Waals surface area contributed by atoms with Crippen molar-refractivity contribution in [2.24, 2.45) is 0 Å². The van der Waals surface area contributed by atoms with Gasteiger partial charge in [-0.3, -0.25) is 14.6 Å². The lowest BCUT2D eigenvalue weighted by atomic mass is 9.89. The van der Waals surface area contributed by atoms with Crippen LogP contribution in [0, 0.1) is 11.6 Å². The molecule has 5 heterocycles. The minimum absolute atomic E-state index is 0.0594. The van der Waals surface area contributed by atoms with E-state index in [1.807, 2.05) is 23.2 Å². The molecule has 2 saturated heterocycles. The third-order valence-electron chi connectivity index (χ3n) is 8.94. The van der Waals surface area contributed by atoms with Gasteiger partial charge in [0, 0.05) is 18.3 Å². The number of hydrogen-bond acceptors (Lipinski definition) is 7. The number of benzene rings is 2. The van der Waals surface area contributed by atoms with E-state index >= 15 is 4.39 Å². The average molecular weight is 535 g/mol. The number of rotatable bonds is 1. The summed E-state index contributed by atoms with van der Waals surface area (Å²) < 4.78 is 36.1. The van der Waals surface area contributed by atoms with E-state index in [9.17, 15) is 24.2 Å². The van der Waals surface area contributed by atoms with E-state index in [2.05, 4.69) is 0 Å². The zero-order chi connectivity index (χ0) is 26.8. The summed E-state index contributed by atoms with van der Waals surface area (Å²) in [7, 11) is 0. The Morgan fingerprint density at radius 2 is 1.90 bits per heavy atom. The number of nitrogens with zero attached hydrogens (tertiary/aromatic N) is 4. The van der Waals surface area contributed by atoms with Crippen LogP contribution in [0.5, 0.6) is 0 Å². The van der Waals surface area contributed by atoms with Crippen molar-refractivity contribution in [3.8, 4) is 0 Å². The van der Waals surface area contributed by atoms with E-state index in [1.54, 1.807) is 9.80 Å². The number of carbonyl (C=O) groups excluding carboxylic acids is 2. The number of aliphatic hydroxyl groups is 2. The lowest BCUT2D eigenvalue weighted by molar-refractivity contribution is -0.190. The topological polar surface area (TPSA) is 96.8 Å². The van der Waals surface area contributed by atoms with Crippen LogP contribution in [0.2, 0.25) is 0 Å². The summed E-state index contributed by atoms with van der Waals surface area (Å²) in [5, 5.41) is 24.5. The van der Waals surface area contributed by atoms with Gasteiger partial charge in [-0.05, 0) is 41.7 Å². The Hall–Kier alpha value is -3.80. The molecule has 3 atom stereocenters. The minimum atomic E-state index is -1.36. The molecule has 0 bridgehead atoms. The number of ether oxygens (including phenoxy) is 1. The quantitative estimate of drug-likeness (QED) is 0.580. The van der Waals surface area contributed by atoms with Crippen LogP contribution in [0.15, 0.2) is 54.1 Å². The molecule has 0 aromatic heterocycles. The van der Waals surface area contributed by atoms with E-state index in [1.165, 1.54) is 23.4 Å². The number of carbonyl (C=O) groups is 2. The monoisotopic (exact) mass is 534 g/mol. The van der Waals surface area contributed by atoms with Crippen molar-refractivity contribution in [3.63, 3.8) is 0 Å². The van der Waals surface area contributed by atoms with E-state index in [0.29, 0.717) is 29.7 Å². The first-order valence-electron chi connectivity index (χ1n) is 13.0. The Labute approximate surface area is 221 Å². The van der Waals surface area contributed by atoms with Crippen molar-refractivity contribution >= 4 is 17.5 Å². The Morgan fingerprint density at radius 1 is 1.08 bits per heavy atom. The Kier molecular flexibility index (Phi) is 4.53. The standard InChI is InChI=1S/C28H24F2N4O5/c29-18-5-4-14-16(21(18)30)12-32-23-15(2-1-3-17(23)28(7-8-28)27(32)38)22(14)34-20-13-39-11-10-31(20)26(37)24-25(36)19(35)6-9-33(24)34/h1-6,9,19-20,22,35-36H,7-8,10-13H2/t19?,20-,22+/m1/s1. The molecular formula is C28H24F2N4O5.